The van der Waals surface area contributed by atoms with E-state index in [1.807, 2.05) is 12.1 Å². The lowest BCUT2D eigenvalue weighted by Gasteiger charge is -2.27. The standard InChI is InChI=1S/C14H18ClN3/c1-11-9-12(15)3-4-14(11)18-8-2-7-17-13(10-18)5-6-16/h3-4,9,13,17H,2,5,7-8,10H2,1H3. The molecule has 0 amide bonds. The molecule has 1 aliphatic heterocycles. The van der Waals surface area contributed by atoms with Gasteiger partial charge >= 0.3 is 0 Å². The average Bonchev–Trinajstić information content (AvgIpc) is 2.55. The van der Waals surface area contributed by atoms with Gasteiger partial charge in [0.15, 0.2) is 0 Å². The molecule has 0 aromatic heterocycles. The third kappa shape index (κ3) is 3.16. The van der Waals surface area contributed by atoms with Gasteiger partial charge in [-0.3, -0.25) is 0 Å². The van der Waals surface area contributed by atoms with Crippen LogP contribution in [0, 0.1) is 18.3 Å². The van der Waals surface area contributed by atoms with Crippen molar-refractivity contribution in [3.63, 3.8) is 0 Å². The summed E-state index contributed by atoms with van der Waals surface area (Å²) in [6.07, 6.45) is 1.66. The average molecular weight is 264 g/mol. The molecule has 1 aliphatic rings. The first kappa shape index (κ1) is 13.2. The Morgan fingerprint density at radius 2 is 2.39 bits per heavy atom. The van der Waals surface area contributed by atoms with Crippen LogP contribution in [-0.2, 0) is 0 Å². The normalized spacial score (nSPS) is 20.3. The Bertz CT molecular complexity index is 453. The Kier molecular flexibility index (Phi) is 4.46. The van der Waals surface area contributed by atoms with E-state index in [9.17, 15) is 0 Å². The summed E-state index contributed by atoms with van der Waals surface area (Å²) >= 11 is 5.99. The van der Waals surface area contributed by atoms with Crippen molar-refractivity contribution < 1.29 is 0 Å². The largest absolute Gasteiger partial charge is 0.370 e. The van der Waals surface area contributed by atoms with Crippen LogP contribution in [0.5, 0.6) is 0 Å². The van der Waals surface area contributed by atoms with Crippen molar-refractivity contribution in [3.05, 3.63) is 28.8 Å². The highest BCUT2D eigenvalue weighted by Gasteiger charge is 2.18. The number of nitrogens with one attached hydrogen (secondary N) is 1. The highest BCUT2D eigenvalue weighted by molar-refractivity contribution is 6.30. The lowest BCUT2D eigenvalue weighted by atomic mass is 10.1. The molecule has 96 valence electrons. The zero-order valence-corrected chi connectivity index (χ0v) is 11.4. The lowest BCUT2D eigenvalue weighted by Crippen LogP contribution is -2.37. The second-order valence-corrected chi connectivity index (χ2v) is 5.18. The summed E-state index contributed by atoms with van der Waals surface area (Å²) in [6, 6.07) is 8.51. The molecule has 1 unspecified atom stereocenters. The molecule has 1 fully saturated rings. The van der Waals surface area contributed by atoms with Crippen LogP contribution in [0.25, 0.3) is 0 Å². The van der Waals surface area contributed by atoms with Crippen LogP contribution in [-0.4, -0.2) is 25.7 Å². The SMILES string of the molecule is Cc1cc(Cl)ccc1N1CCCNC(CC#N)C1. The van der Waals surface area contributed by atoms with Crippen molar-refractivity contribution in [2.45, 2.75) is 25.8 Å². The summed E-state index contributed by atoms with van der Waals surface area (Å²) in [7, 11) is 0. The number of hydrogen-bond donors (Lipinski definition) is 1. The van der Waals surface area contributed by atoms with Gasteiger partial charge in [0.1, 0.15) is 0 Å². The van der Waals surface area contributed by atoms with E-state index in [1.165, 1.54) is 11.3 Å². The Morgan fingerprint density at radius 3 is 3.11 bits per heavy atom. The van der Waals surface area contributed by atoms with Gasteiger partial charge in [-0.25, -0.2) is 0 Å². The molecular formula is C14H18ClN3. The highest BCUT2D eigenvalue weighted by atomic mass is 35.5. The number of halogens is 1. The summed E-state index contributed by atoms with van der Waals surface area (Å²) in [6.45, 7) is 4.97. The van der Waals surface area contributed by atoms with Gasteiger partial charge in [-0.15, -0.1) is 0 Å². The van der Waals surface area contributed by atoms with Gasteiger partial charge < -0.3 is 10.2 Å². The van der Waals surface area contributed by atoms with Gasteiger partial charge in [0.2, 0.25) is 0 Å². The van der Waals surface area contributed by atoms with Gasteiger partial charge in [0, 0.05) is 29.8 Å². The fraction of sp³-hybridized carbons (Fsp3) is 0.500. The lowest BCUT2D eigenvalue weighted by molar-refractivity contribution is 0.552. The second-order valence-electron chi connectivity index (χ2n) is 4.74. The smallest absolute Gasteiger partial charge is 0.0638 e. The van der Waals surface area contributed by atoms with E-state index in [4.69, 9.17) is 16.9 Å². The molecule has 0 saturated carbocycles. The minimum atomic E-state index is 0.257. The van der Waals surface area contributed by atoms with Gasteiger partial charge in [0.05, 0.1) is 12.5 Å². The number of nitrogens with zero attached hydrogens (tertiary/aromatic N) is 2. The molecule has 1 atom stereocenters. The number of benzene rings is 1. The Morgan fingerprint density at radius 1 is 1.56 bits per heavy atom. The minimum absolute atomic E-state index is 0.257. The fourth-order valence-electron chi connectivity index (χ4n) is 2.44. The topological polar surface area (TPSA) is 39.1 Å². The monoisotopic (exact) mass is 263 g/mol. The van der Waals surface area contributed by atoms with Crippen LogP contribution in [0.3, 0.4) is 0 Å². The van der Waals surface area contributed by atoms with E-state index in [0.29, 0.717) is 6.42 Å². The summed E-state index contributed by atoms with van der Waals surface area (Å²) < 4.78 is 0. The maximum Gasteiger partial charge on any atom is 0.0638 e. The molecule has 0 spiro atoms. The van der Waals surface area contributed by atoms with E-state index in [1.54, 1.807) is 0 Å². The van der Waals surface area contributed by atoms with Crippen LogP contribution in [0.15, 0.2) is 18.2 Å². The number of aryl methyl sites for hydroxylation is 1. The Hall–Kier alpha value is -1.24. The van der Waals surface area contributed by atoms with E-state index in [-0.39, 0.29) is 6.04 Å². The zero-order valence-electron chi connectivity index (χ0n) is 10.6. The number of hydrogen-bond acceptors (Lipinski definition) is 3. The van der Waals surface area contributed by atoms with Gasteiger partial charge in [-0.1, -0.05) is 11.6 Å². The number of anilines is 1. The van der Waals surface area contributed by atoms with Crippen molar-refractivity contribution in [3.8, 4) is 6.07 Å². The van der Waals surface area contributed by atoms with E-state index in [2.05, 4.69) is 29.3 Å². The molecule has 18 heavy (non-hydrogen) atoms. The molecule has 0 radical (unpaired) electrons. The van der Waals surface area contributed by atoms with Gasteiger partial charge in [0.25, 0.3) is 0 Å². The predicted octanol–water partition coefficient (Wildman–Crippen LogP) is 2.73. The van der Waals surface area contributed by atoms with Crippen molar-refractivity contribution in [1.29, 1.82) is 5.26 Å². The van der Waals surface area contributed by atoms with Crippen LogP contribution < -0.4 is 10.2 Å². The van der Waals surface area contributed by atoms with Crippen molar-refractivity contribution in [2.75, 3.05) is 24.5 Å². The quantitative estimate of drug-likeness (QED) is 0.892. The number of nitriles is 1. The summed E-state index contributed by atoms with van der Waals surface area (Å²) in [5.41, 5.74) is 2.42. The Balaban J connectivity index is 2.17. The maximum absolute atomic E-state index is 8.83. The first-order valence-corrected chi connectivity index (χ1v) is 6.70. The molecule has 1 N–H and O–H groups in total. The van der Waals surface area contributed by atoms with Crippen LogP contribution in [0.1, 0.15) is 18.4 Å². The third-order valence-electron chi connectivity index (χ3n) is 3.32. The molecule has 1 aromatic carbocycles. The van der Waals surface area contributed by atoms with Crippen molar-refractivity contribution >= 4 is 17.3 Å². The molecule has 1 heterocycles. The molecule has 3 nitrogen and oxygen atoms in total. The third-order valence-corrected chi connectivity index (χ3v) is 3.55. The van der Waals surface area contributed by atoms with E-state index >= 15 is 0 Å². The first-order valence-electron chi connectivity index (χ1n) is 6.32. The number of rotatable bonds is 2. The van der Waals surface area contributed by atoms with E-state index < -0.39 is 0 Å². The zero-order chi connectivity index (χ0) is 13.0. The molecule has 0 aliphatic carbocycles. The molecule has 0 bridgehead atoms. The molecule has 1 saturated heterocycles. The van der Waals surface area contributed by atoms with E-state index in [0.717, 1.165) is 31.1 Å². The summed E-state index contributed by atoms with van der Waals surface area (Å²) in [5.74, 6) is 0. The fourth-order valence-corrected chi connectivity index (χ4v) is 2.66. The van der Waals surface area contributed by atoms with Gasteiger partial charge in [-0.2, -0.15) is 5.26 Å². The maximum atomic E-state index is 8.83. The first-order chi connectivity index (χ1) is 8.70. The molecule has 4 heteroatoms. The molecular weight excluding hydrogens is 246 g/mol. The van der Waals surface area contributed by atoms with Crippen LogP contribution in [0.4, 0.5) is 5.69 Å². The summed E-state index contributed by atoms with van der Waals surface area (Å²) in [5, 5.41) is 13.0. The van der Waals surface area contributed by atoms with Crippen LogP contribution in [0.2, 0.25) is 5.02 Å². The molecule has 2 rings (SSSR count). The Labute approximate surface area is 113 Å². The summed E-state index contributed by atoms with van der Waals surface area (Å²) in [4.78, 5) is 2.35. The molecule has 1 aromatic rings. The highest BCUT2D eigenvalue weighted by Crippen LogP contribution is 2.24. The van der Waals surface area contributed by atoms with Gasteiger partial charge in [-0.05, 0) is 43.7 Å². The predicted molar refractivity (Wildman–Crippen MR) is 75.0 cm³/mol. The van der Waals surface area contributed by atoms with Crippen molar-refractivity contribution in [1.82, 2.24) is 5.32 Å². The van der Waals surface area contributed by atoms with Crippen molar-refractivity contribution in [2.24, 2.45) is 0 Å². The minimum Gasteiger partial charge on any atom is -0.370 e. The van der Waals surface area contributed by atoms with Crippen LogP contribution >= 0.6 is 11.6 Å². The second kappa shape index (κ2) is 6.08.